The number of pyridine rings is 1. The highest BCUT2D eigenvalue weighted by molar-refractivity contribution is 6.11. The van der Waals surface area contributed by atoms with Crippen LogP contribution in [0.2, 0.25) is 0 Å². The molecule has 0 saturated carbocycles. The van der Waals surface area contributed by atoms with Crippen molar-refractivity contribution in [2.75, 3.05) is 4.90 Å². The summed E-state index contributed by atoms with van der Waals surface area (Å²) in [5, 5.41) is 4.75. The predicted molar refractivity (Wildman–Crippen MR) is 237 cm³/mol. The van der Waals surface area contributed by atoms with Gasteiger partial charge in [0.05, 0.1) is 16.7 Å². The molecule has 4 heteroatoms. The van der Waals surface area contributed by atoms with Crippen LogP contribution in [0.15, 0.2) is 217 Å². The molecule has 11 aromatic rings. The number of rotatable bonds is 7. The van der Waals surface area contributed by atoms with Crippen molar-refractivity contribution in [1.29, 1.82) is 0 Å². The first-order chi connectivity index (χ1) is 28.3. The molecule has 0 radical (unpaired) electrons. The molecule has 268 valence electrons. The zero-order chi connectivity index (χ0) is 37.7. The first-order valence-electron chi connectivity index (χ1n) is 19.3. The van der Waals surface area contributed by atoms with Gasteiger partial charge in [-0.25, -0.2) is 0 Å². The lowest BCUT2D eigenvalue weighted by Crippen LogP contribution is -2.09. The van der Waals surface area contributed by atoms with E-state index in [9.17, 15) is 0 Å². The number of aromatic nitrogens is 2. The predicted octanol–water partition coefficient (Wildman–Crippen LogP) is 14.5. The van der Waals surface area contributed by atoms with Gasteiger partial charge in [0.2, 0.25) is 0 Å². The van der Waals surface area contributed by atoms with Crippen LogP contribution in [-0.2, 0) is 0 Å². The standard InChI is InChI=1S/C53H35N3O/c1-2-11-40(12-3-1)56-50-18-6-4-13-45(50)48-35-39(26-33-51(48)56)36-20-27-41(28-21-36)55(43-31-24-38(25-32-43)49-17-8-9-34-54-49)42-29-22-37(23-30-42)44-15-10-16-47-46-14-5-7-19-52(46)57-53(44)47/h1-35H. The van der Waals surface area contributed by atoms with E-state index >= 15 is 0 Å². The van der Waals surface area contributed by atoms with Gasteiger partial charge >= 0.3 is 0 Å². The topological polar surface area (TPSA) is 34.2 Å². The van der Waals surface area contributed by atoms with E-state index in [2.05, 4.69) is 190 Å². The Hall–Kier alpha value is -7.69. The highest BCUT2D eigenvalue weighted by atomic mass is 16.3. The van der Waals surface area contributed by atoms with Crippen molar-refractivity contribution in [3.05, 3.63) is 212 Å². The second-order valence-corrected chi connectivity index (χ2v) is 14.4. The lowest BCUT2D eigenvalue weighted by atomic mass is 10.0. The van der Waals surface area contributed by atoms with Crippen LogP contribution in [0.3, 0.4) is 0 Å². The zero-order valence-electron chi connectivity index (χ0n) is 31.0. The highest BCUT2D eigenvalue weighted by Crippen LogP contribution is 2.41. The Bertz CT molecular complexity index is 3200. The third kappa shape index (κ3) is 5.66. The van der Waals surface area contributed by atoms with Gasteiger partial charge in [-0.2, -0.15) is 0 Å². The average Bonchev–Trinajstić information content (AvgIpc) is 3.84. The maximum Gasteiger partial charge on any atom is 0.143 e. The van der Waals surface area contributed by atoms with E-state index in [1.54, 1.807) is 0 Å². The lowest BCUT2D eigenvalue weighted by molar-refractivity contribution is 0.670. The normalized spacial score (nSPS) is 11.5. The number of hydrogen-bond acceptors (Lipinski definition) is 3. The quantitative estimate of drug-likeness (QED) is 0.164. The fourth-order valence-corrected chi connectivity index (χ4v) is 8.34. The van der Waals surface area contributed by atoms with Crippen LogP contribution in [0, 0.1) is 0 Å². The second kappa shape index (κ2) is 13.6. The van der Waals surface area contributed by atoms with Crippen LogP contribution >= 0.6 is 0 Å². The maximum atomic E-state index is 6.40. The summed E-state index contributed by atoms with van der Waals surface area (Å²) in [5.74, 6) is 0. The molecule has 3 aromatic heterocycles. The largest absolute Gasteiger partial charge is 0.455 e. The minimum Gasteiger partial charge on any atom is -0.455 e. The van der Waals surface area contributed by atoms with Crippen molar-refractivity contribution in [3.63, 3.8) is 0 Å². The molecule has 57 heavy (non-hydrogen) atoms. The van der Waals surface area contributed by atoms with E-state index < -0.39 is 0 Å². The molecule has 11 rings (SSSR count). The Morgan fingerprint density at radius 3 is 1.74 bits per heavy atom. The van der Waals surface area contributed by atoms with Gasteiger partial charge in [-0.3, -0.25) is 4.98 Å². The van der Waals surface area contributed by atoms with Crippen LogP contribution in [0.25, 0.3) is 82.9 Å². The Morgan fingerprint density at radius 2 is 1.00 bits per heavy atom. The first kappa shape index (κ1) is 32.7. The summed E-state index contributed by atoms with van der Waals surface area (Å²) in [5.41, 5.74) is 15.1. The van der Waals surface area contributed by atoms with Gasteiger partial charge in [-0.1, -0.05) is 121 Å². The molecule has 8 aromatic carbocycles. The molecule has 0 aliphatic heterocycles. The summed E-state index contributed by atoms with van der Waals surface area (Å²) in [6, 6.07) is 73.1. The van der Waals surface area contributed by atoms with Gasteiger partial charge in [-0.05, 0) is 102 Å². The van der Waals surface area contributed by atoms with Gasteiger partial charge in [0, 0.05) is 61.6 Å². The van der Waals surface area contributed by atoms with Crippen molar-refractivity contribution >= 4 is 60.8 Å². The number of fused-ring (bicyclic) bond motifs is 6. The lowest BCUT2D eigenvalue weighted by Gasteiger charge is -2.26. The molecular formula is C53H35N3O. The fourth-order valence-electron chi connectivity index (χ4n) is 8.34. The zero-order valence-corrected chi connectivity index (χ0v) is 31.0. The van der Waals surface area contributed by atoms with Gasteiger partial charge in [0.25, 0.3) is 0 Å². The molecule has 0 spiro atoms. The van der Waals surface area contributed by atoms with Gasteiger partial charge in [0.15, 0.2) is 0 Å². The number of para-hydroxylation sites is 4. The van der Waals surface area contributed by atoms with Crippen molar-refractivity contribution < 1.29 is 4.42 Å². The Balaban J connectivity index is 0.982. The number of nitrogens with zero attached hydrogens (tertiary/aromatic N) is 3. The monoisotopic (exact) mass is 729 g/mol. The van der Waals surface area contributed by atoms with Crippen LogP contribution in [0.1, 0.15) is 0 Å². The summed E-state index contributed by atoms with van der Waals surface area (Å²) in [6.45, 7) is 0. The fraction of sp³-hybridized carbons (Fsp3) is 0. The van der Waals surface area contributed by atoms with E-state index in [4.69, 9.17) is 4.42 Å². The van der Waals surface area contributed by atoms with Gasteiger partial charge < -0.3 is 13.9 Å². The Kier molecular flexibility index (Phi) is 7.78. The molecule has 0 bridgehead atoms. The molecule has 0 unspecified atom stereocenters. The number of hydrogen-bond donors (Lipinski definition) is 0. The minimum atomic E-state index is 0.902. The third-order valence-electron chi connectivity index (χ3n) is 11.1. The summed E-state index contributed by atoms with van der Waals surface area (Å²) >= 11 is 0. The van der Waals surface area contributed by atoms with Crippen LogP contribution in [-0.4, -0.2) is 9.55 Å². The van der Waals surface area contributed by atoms with Gasteiger partial charge in [0.1, 0.15) is 11.2 Å². The molecule has 0 aliphatic carbocycles. The van der Waals surface area contributed by atoms with Crippen molar-refractivity contribution in [1.82, 2.24) is 9.55 Å². The molecule has 0 N–H and O–H groups in total. The molecule has 0 fully saturated rings. The van der Waals surface area contributed by atoms with E-state index in [0.717, 1.165) is 72.6 Å². The molecule has 3 heterocycles. The number of benzene rings is 8. The number of anilines is 3. The number of furan rings is 1. The molecular weight excluding hydrogens is 695 g/mol. The Labute approximate surface area is 330 Å². The molecule has 0 amide bonds. The van der Waals surface area contributed by atoms with E-state index in [1.165, 1.54) is 27.4 Å². The van der Waals surface area contributed by atoms with Crippen molar-refractivity contribution in [2.45, 2.75) is 0 Å². The van der Waals surface area contributed by atoms with Gasteiger partial charge in [-0.15, -0.1) is 0 Å². The van der Waals surface area contributed by atoms with E-state index in [-0.39, 0.29) is 0 Å². The summed E-state index contributed by atoms with van der Waals surface area (Å²) in [4.78, 5) is 6.90. The van der Waals surface area contributed by atoms with Crippen LogP contribution in [0.4, 0.5) is 17.1 Å². The summed E-state index contributed by atoms with van der Waals surface area (Å²) in [7, 11) is 0. The molecule has 0 saturated heterocycles. The summed E-state index contributed by atoms with van der Waals surface area (Å²) in [6.07, 6.45) is 1.84. The van der Waals surface area contributed by atoms with Crippen LogP contribution in [0.5, 0.6) is 0 Å². The van der Waals surface area contributed by atoms with E-state index in [1.807, 2.05) is 36.5 Å². The first-order valence-corrected chi connectivity index (χ1v) is 19.3. The van der Waals surface area contributed by atoms with Crippen molar-refractivity contribution in [3.8, 4) is 39.2 Å². The minimum absolute atomic E-state index is 0.902. The second-order valence-electron chi connectivity index (χ2n) is 14.4. The molecule has 4 nitrogen and oxygen atoms in total. The smallest absolute Gasteiger partial charge is 0.143 e. The molecule has 0 aliphatic rings. The maximum absolute atomic E-state index is 6.40. The SMILES string of the molecule is c1ccc(-n2c3ccccc3c3cc(-c4ccc(N(c5ccc(-c6ccccn6)cc5)c5ccc(-c6cccc7c6oc6ccccc67)cc5)cc4)ccc32)cc1. The average molecular weight is 730 g/mol. The Morgan fingerprint density at radius 1 is 0.404 bits per heavy atom. The highest BCUT2D eigenvalue weighted by Gasteiger charge is 2.17. The van der Waals surface area contributed by atoms with E-state index in [0.29, 0.717) is 0 Å². The third-order valence-corrected chi connectivity index (χ3v) is 11.1. The summed E-state index contributed by atoms with van der Waals surface area (Å²) < 4.78 is 8.76. The molecule has 0 atom stereocenters. The van der Waals surface area contributed by atoms with Crippen LogP contribution < -0.4 is 4.90 Å². The van der Waals surface area contributed by atoms with Crippen molar-refractivity contribution in [2.24, 2.45) is 0 Å².